The summed E-state index contributed by atoms with van der Waals surface area (Å²) in [5, 5.41) is 9.71. The van der Waals surface area contributed by atoms with Crippen molar-refractivity contribution in [3.63, 3.8) is 0 Å². The molecular weight excluding hydrogens is 344 g/mol. The van der Waals surface area contributed by atoms with Crippen LogP contribution >= 0.6 is 0 Å². The molecule has 0 aliphatic carbocycles. The van der Waals surface area contributed by atoms with Crippen molar-refractivity contribution in [1.82, 2.24) is 0 Å². The Morgan fingerprint density at radius 2 is 1.11 bits per heavy atom. The summed E-state index contributed by atoms with van der Waals surface area (Å²) in [6.45, 7) is 6.02. The number of carbonyl (C=O) groups is 1. The standard InChI is InChI=1S/C26H44O2/c1-4-5-6-7-8-9-10-11-12-13-14-15-16-17-18-19-25(27)24-20-23(3)26(28)21-22(24)2/h20-21,28H,4-19H2,1-3H3. The largest absolute Gasteiger partial charge is 0.508 e. The Morgan fingerprint density at radius 3 is 1.57 bits per heavy atom. The van der Waals surface area contributed by atoms with Gasteiger partial charge < -0.3 is 5.11 Å². The minimum absolute atomic E-state index is 0.218. The third kappa shape index (κ3) is 10.9. The summed E-state index contributed by atoms with van der Waals surface area (Å²) in [7, 11) is 0. The first-order valence-corrected chi connectivity index (χ1v) is 11.9. The second-order valence-corrected chi connectivity index (χ2v) is 8.58. The molecule has 0 bridgehead atoms. The first kappa shape index (κ1) is 24.7. The molecule has 1 aromatic rings. The van der Waals surface area contributed by atoms with Gasteiger partial charge in [0.25, 0.3) is 0 Å². The monoisotopic (exact) mass is 388 g/mol. The average Bonchev–Trinajstić information content (AvgIpc) is 2.67. The van der Waals surface area contributed by atoms with E-state index in [2.05, 4.69) is 6.92 Å². The van der Waals surface area contributed by atoms with Crippen molar-refractivity contribution < 1.29 is 9.90 Å². The van der Waals surface area contributed by atoms with Gasteiger partial charge in [-0.3, -0.25) is 4.79 Å². The number of phenols is 1. The van der Waals surface area contributed by atoms with Crippen LogP contribution in [0.1, 0.15) is 131 Å². The van der Waals surface area contributed by atoms with Crippen molar-refractivity contribution in [1.29, 1.82) is 0 Å². The first-order chi connectivity index (χ1) is 13.6. The lowest BCUT2D eigenvalue weighted by molar-refractivity contribution is 0.0978. The molecule has 0 saturated carbocycles. The lowest BCUT2D eigenvalue weighted by Gasteiger charge is -2.08. The number of unbranched alkanes of at least 4 members (excludes halogenated alkanes) is 14. The van der Waals surface area contributed by atoms with Gasteiger partial charge in [0.05, 0.1) is 0 Å². The quantitative estimate of drug-likeness (QED) is 0.215. The van der Waals surface area contributed by atoms with E-state index in [0.717, 1.165) is 29.5 Å². The molecule has 0 fully saturated rings. The third-order valence-corrected chi connectivity index (χ3v) is 5.85. The van der Waals surface area contributed by atoms with Crippen molar-refractivity contribution in [2.75, 3.05) is 0 Å². The van der Waals surface area contributed by atoms with E-state index in [0.29, 0.717) is 6.42 Å². The van der Waals surface area contributed by atoms with Crippen LogP contribution in [0.5, 0.6) is 5.75 Å². The van der Waals surface area contributed by atoms with Gasteiger partial charge in [-0.25, -0.2) is 0 Å². The van der Waals surface area contributed by atoms with E-state index in [1.165, 1.54) is 83.5 Å². The highest BCUT2D eigenvalue weighted by atomic mass is 16.3. The molecular formula is C26H44O2. The second-order valence-electron chi connectivity index (χ2n) is 8.58. The van der Waals surface area contributed by atoms with E-state index in [9.17, 15) is 9.90 Å². The zero-order valence-electron chi connectivity index (χ0n) is 18.8. The number of ketones is 1. The summed E-state index contributed by atoms with van der Waals surface area (Å²) < 4.78 is 0. The van der Waals surface area contributed by atoms with Gasteiger partial charge in [-0.15, -0.1) is 0 Å². The van der Waals surface area contributed by atoms with Gasteiger partial charge in [0.2, 0.25) is 0 Å². The summed E-state index contributed by atoms with van der Waals surface area (Å²) in [4.78, 5) is 12.4. The van der Waals surface area contributed by atoms with Crippen LogP contribution in [0.3, 0.4) is 0 Å². The molecule has 0 radical (unpaired) electrons. The molecule has 2 nitrogen and oxygen atoms in total. The number of rotatable bonds is 17. The SMILES string of the molecule is CCCCCCCCCCCCCCCCCC(=O)c1cc(C)c(O)cc1C. The van der Waals surface area contributed by atoms with Crippen LogP contribution in [-0.2, 0) is 0 Å². The molecule has 28 heavy (non-hydrogen) atoms. The third-order valence-electron chi connectivity index (χ3n) is 5.85. The summed E-state index contributed by atoms with van der Waals surface area (Å²) in [6, 6.07) is 3.53. The number of benzene rings is 1. The summed E-state index contributed by atoms with van der Waals surface area (Å²) in [6.07, 6.45) is 20.7. The molecule has 1 N–H and O–H groups in total. The number of aromatic hydroxyl groups is 1. The molecule has 0 amide bonds. The zero-order chi connectivity index (χ0) is 20.6. The Kier molecular flexibility index (Phi) is 13.8. The van der Waals surface area contributed by atoms with Crippen molar-refractivity contribution in [2.45, 2.75) is 124 Å². The number of hydrogen-bond donors (Lipinski definition) is 1. The Hall–Kier alpha value is -1.31. The van der Waals surface area contributed by atoms with E-state index in [1.54, 1.807) is 6.07 Å². The second kappa shape index (κ2) is 15.6. The van der Waals surface area contributed by atoms with Crippen LogP contribution in [0.25, 0.3) is 0 Å². The van der Waals surface area contributed by atoms with E-state index < -0.39 is 0 Å². The molecule has 0 unspecified atom stereocenters. The van der Waals surface area contributed by atoms with Crippen LogP contribution in [0.15, 0.2) is 12.1 Å². The molecule has 0 aliphatic heterocycles. The number of Topliss-reactive ketones (excluding diaryl/α,β-unsaturated/α-hetero) is 1. The van der Waals surface area contributed by atoms with Crippen LogP contribution in [0.2, 0.25) is 0 Å². The Balaban J connectivity index is 1.94. The Morgan fingerprint density at radius 1 is 0.679 bits per heavy atom. The number of carbonyl (C=O) groups excluding carboxylic acids is 1. The van der Waals surface area contributed by atoms with Crippen LogP contribution in [0, 0.1) is 13.8 Å². The lowest BCUT2D eigenvalue weighted by atomic mass is 9.97. The van der Waals surface area contributed by atoms with Crippen molar-refractivity contribution >= 4 is 5.78 Å². The minimum atomic E-state index is 0.218. The number of phenolic OH excluding ortho intramolecular Hbond substituents is 1. The summed E-state index contributed by atoms with van der Waals surface area (Å²) in [5.41, 5.74) is 2.44. The molecule has 0 heterocycles. The highest BCUT2D eigenvalue weighted by Gasteiger charge is 2.11. The number of aryl methyl sites for hydroxylation is 2. The molecule has 2 heteroatoms. The fourth-order valence-corrected chi connectivity index (χ4v) is 3.89. The molecule has 160 valence electrons. The number of hydrogen-bond acceptors (Lipinski definition) is 2. The van der Waals surface area contributed by atoms with Crippen molar-refractivity contribution in [3.05, 3.63) is 28.8 Å². The molecule has 0 spiro atoms. The maximum Gasteiger partial charge on any atom is 0.163 e. The molecule has 0 aromatic heterocycles. The van der Waals surface area contributed by atoms with Gasteiger partial charge in [0, 0.05) is 12.0 Å². The molecule has 0 atom stereocenters. The van der Waals surface area contributed by atoms with E-state index in [4.69, 9.17) is 0 Å². The van der Waals surface area contributed by atoms with Crippen LogP contribution < -0.4 is 0 Å². The van der Waals surface area contributed by atoms with Gasteiger partial charge in [-0.2, -0.15) is 0 Å². The average molecular weight is 389 g/mol. The lowest BCUT2D eigenvalue weighted by Crippen LogP contribution is -2.02. The predicted octanol–water partition coefficient (Wildman–Crippen LogP) is 8.45. The zero-order valence-corrected chi connectivity index (χ0v) is 18.8. The highest BCUT2D eigenvalue weighted by molar-refractivity contribution is 5.97. The van der Waals surface area contributed by atoms with Crippen LogP contribution in [-0.4, -0.2) is 10.9 Å². The summed E-state index contributed by atoms with van der Waals surface area (Å²) in [5.74, 6) is 0.497. The van der Waals surface area contributed by atoms with Gasteiger partial charge in [0.1, 0.15) is 5.75 Å². The topological polar surface area (TPSA) is 37.3 Å². The summed E-state index contributed by atoms with van der Waals surface area (Å²) >= 11 is 0. The first-order valence-electron chi connectivity index (χ1n) is 11.9. The maximum atomic E-state index is 12.4. The van der Waals surface area contributed by atoms with Crippen molar-refractivity contribution in [3.8, 4) is 5.75 Å². The van der Waals surface area contributed by atoms with Crippen molar-refractivity contribution in [2.24, 2.45) is 0 Å². The fraction of sp³-hybridized carbons (Fsp3) is 0.731. The van der Waals surface area contributed by atoms with Gasteiger partial charge in [0.15, 0.2) is 5.78 Å². The molecule has 0 saturated heterocycles. The van der Waals surface area contributed by atoms with Crippen LogP contribution in [0.4, 0.5) is 0 Å². The van der Waals surface area contributed by atoms with Gasteiger partial charge in [-0.1, -0.05) is 96.8 Å². The van der Waals surface area contributed by atoms with E-state index in [1.807, 2.05) is 19.9 Å². The molecule has 1 rings (SSSR count). The van der Waals surface area contributed by atoms with E-state index in [-0.39, 0.29) is 11.5 Å². The van der Waals surface area contributed by atoms with E-state index >= 15 is 0 Å². The normalized spacial score (nSPS) is 11.1. The minimum Gasteiger partial charge on any atom is -0.508 e. The Labute approximate surface area is 174 Å². The maximum absolute atomic E-state index is 12.4. The highest BCUT2D eigenvalue weighted by Crippen LogP contribution is 2.23. The smallest absolute Gasteiger partial charge is 0.163 e. The van der Waals surface area contributed by atoms with Gasteiger partial charge in [-0.05, 0) is 43.5 Å². The molecule has 1 aromatic carbocycles. The predicted molar refractivity (Wildman–Crippen MR) is 121 cm³/mol. The van der Waals surface area contributed by atoms with Gasteiger partial charge >= 0.3 is 0 Å². The Bertz CT molecular complexity index is 548. The molecule has 0 aliphatic rings. The fourth-order valence-electron chi connectivity index (χ4n) is 3.89.